The Kier molecular flexibility index (Phi) is 7.33. The lowest BCUT2D eigenvalue weighted by Crippen LogP contribution is -2.61. The van der Waals surface area contributed by atoms with Crippen molar-refractivity contribution in [1.29, 1.82) is 0 Å². The van der Waals surface area contributed by atoms with Crippen molar-refractivity contribution >= 4 is 0 Å². The Hall–Kier alpha value is -0.120. The molecule has 0 aromatic heterocycles. The van der Waals surface area contributed by atoms with E-state index in [1.165, 1.54) is 25.8 Å². The Labute approximate surface area is 119 Å². The predicted octanol–water partition coefficient (Wildman–Crippen LogP) is 3.17. The van der Waals surface area contributed by atoms with Gasteiger partial charge in [0.05, 0.1) is 6.10 Å². The molecule has 3 heteroatoms. The molecule has 19 heavy (non-hydrogen) atoms. The van der Waals surface area contributed by atoms with Crippen molar-refractivity contribution in [3.8, 4) is 0 Å². The zero-order chi connectivity index (χ0) is 14.3. The minimum absolute atomic E-state index is 0.170. The molecular formula is C16H34N2O. The SMILES string of the molecule is CCCCN(C(C)CC)C1(CN)CCOC(CC)C1. The van der Waals surface area contributed by atoms with Gasteiger partial charge in [0.2, 0.25) is 0 Å². The summed E-state index contributed by atoms with van der Waals surface area (Å²) >= 11 is 0. The van der Waals surface area contributed by atoms with E-state index in [2.05, 4.69) is 32.6 Å². The van der Waals surface area contributed by atoms with Gasteiger partial charge in [-0.05, 0) is 45.6 Å². The van der Waals surface area contributed by atoms with Crippen LogP contribution >= 0.6 is 0 Å². The number of ether oxygens (including phenoxy) is 1. The number of hydrogen-bond acceptors (Lipinski definition) is 3. The van der Waals surface area contributed by atoms with Gasteiger partial charge in [0.25, 0.3) is 0 Å². The maximum absolute atomic E-state index is 6.22. The fourth-order valence-corrected chi connectivity index (χ4v) is 3.30. The highest BCUT2D eigenvalue weighted by molar-refractivity contribution is 4.97. The van der Waals surface area contributed by atoms with Gasteiger partial charge in [-0.25, -0.2) is 0 Å². The number of nitrogens with zero attached hydrogens (tertiary/aromatic N) is 1. The van der Waals surface area contributed by atoms with Crippen molar-refractivity contribution < 1.29 is 4.74 Å². The Morgan fingerprint density at radius 3 is 2.63 bits per heavy atom. The monoisotopic (exact) mass is 270 g/mol. The average Bonchev–Trinajstić information content (AvgIpc) is 2.47. The fraction of sp³-hybridized carbons (Fsp3) is 1.00. The van der Waals surface area contributed by atoms with Gasteiger partial charge >= 0.3 is 0 Å². The van der Waals surface area contributed by atoms with Crippen LogP contribution in [0.1, 0.15) is 66.2 Å². The van der Waals surface area contributed by atoms with E-state index < -0.39 is 0 Å². The van der Waals surface area contributed by atoms with E-state index >= 15 is 0 Å². The Morgan fingerprint density at radius 1 is 1.37 bits per heavy atom. The molecule has 0 aromatic rings. The second-order valence-corrected chi connectivity index (χ2v) is 6.09. The van der Waals surface area contributed by atoms with Gasteiger partial charge in [-0.2, -0.15) is 0 Å². The van der Waals surface area contributed by atoms with Crippen LogP contribution in [0.25, 0.3) is 0 Å². The molecule has 1 saturated heterocycles. The van der Waals surface area contributed by atoms with Crippen LogP contribution in [0.5, 0.6) is 0 Å². The molecule has 0 radical (unpaired) electrons. The van der Waals surface area contributed by atoms with Gasteiger partial charge < -0.3 is 10.5 Å². The van der Waals surface area contributed by atoms with Gasteiger partial charge in [-0.3, -0.25) is 4.90 Å². The van der Waals surface area contributed by atoms with Gasteiger partial charge in [0.15, 0.2) is 0 Å². The molecular weight excluding hydrogens is 236 g/mol. The summed E-state index contributed by atoms with van der Waals surface area (Å²) in [5.41, 5.74) is 6.39. The van der Waals surface area contributed by atoms with E-state index in [0.29, 0.717) is 12.1 Å². The molecule has 1 aliphatic rings. The molecule has 0 amide bonds. The summed E-state index contributed by atoms with van der Waals surface area (Å²) in [6.45, 7) is 11.9. The summed E-state index contributed by atoms with van der Waals surface area (Å²) < 4.78 is 5.87. The highest BCUT2D eigenvalue weighted by atomic mass is 16.5. The molecule has 1 aliphatic heterocycles. The molecule has 3 nitrogen and oxygen atoms in total. The third kappa shape index (κ3) is 4.17. The minimum atomic E-state index is 0.170. The number of nitrogens with two attached hydrogens (primary N) is 1. The largest absolute Gasteiger partial charge is 0.378 e. The fourth-order valence-electron chi connectivity index (χ4n) is 3.30. The maximum Gasteiger partial charge on any atom is 0.0590 e. The number of hydrogen-bond donors (Lipinski definition) is 1. The highest BCUT2D eigenvalue weighted by Gasteiger charge is 2.41. The van der Waals surface area contributed by atoms with Gasteiger partial charge in [-0.15, -0.1) is 0 Å². The quantitative estimate of drug-likeness (QED) is 0.736. The smallest absolute Gasteiger partial charge is 0.0590 e. The summed E-state index contributed by atoms with van der Waals surface area (Å²) in [5.74, 6) is 0. The first-order chi connectivity index (χ1) is 9.13. The van der Waals surface area contributed by atoms with Crippen LogP contribution in [0.2, 0.25) is 0 Å². The average molecular weight is 270 g/mol. The molecule has 3 atom stereocenters. The summed E-state index contributed by atoms with van der Waals surface area (Å²) in [7, 11) is 0. The van der Waals surface area contributed by atoms with Crippen molar-refractivity contribution in [2.45, 2.75) is 83.9 Å². The van der Waals surface area contributed by atoms with E-state index in [9.17, 15) is 0 Å². The third-order valence-corrected chi connectivity index (χ3v) is 4.85. The predicted molar refractivity (Wildman–Crippen MR) is 82.4 cm³/mol. The lowest BCUT2D eigenvalue weighted by molar-refractivity contribution is -0.0836. The molecule has 0 aliphatic carbocycles. The van der Waals surface area contributed by atoms with E-state index in [-0.39, 0.29) is 5.54 Å². The van der Waals surface area contributed by atoms with Crippen LogP contribution in [0.4, 0.5) is 0 Å². The standard InChI is InChI=1S/C16H34N2O/c1-5-8-10-18(14(4)6-2)16(13-17)9-11-19-15(7-3)12-16/h14-15H,5-13,17H2,1-4H3. The van der Waals surface area contributed by atoms with Crippen LogP contribution in [0.15, 0.2) is 0 Å². The van der Waals surface area contributed by atoms with Crippen molar-refractivity contribution in [3.63, 3.8) is 0 Å². The van der Waals surface area contributed by atoms with Crippen LogP contribution in [0, 0.1) is 0 Å². The van der Waals surface area contributed by atoms with Crippen molar-refractivity contribution in [2.75, 3.05) is 19.7 Å². The molecule has 1 fully saturated rings. The molecule has 1 rings (SSSR count). The van der Waals surface area contributed by atoms with Gasteiger partial charge in [0, 0.05) is 24.7 Å². The van der Waals surface area contributed by atoms with Crippen molar-refractivity contribution in [2.24, 2.45) is 5.73 Å². The third-order valence-electron chi connectivity index (χ3n) is 4.85. The van der Waals surface area contributed by atoms with Crippen LogP contribution in [-0.2, 0) is 4.74 Å². The first-order valence-corrected chi connectivity index (χ1v) is 8.21. The summed E-state index contributed by atoms with van der Waals surface area (Å²) in [4.78, 5) is 2.70. The maximum atomic E-state index is 6.22. The topological polar surface area (TPSA) is 38.5 Å². The molecule has 1 heterocycles. The Morgan fingerprint density at radius 2 is 2.11 bits per heavy atom. The molecule has 0 bridgehead atoms. The zero-order valence-corrected chi connectivity index (χ0v) is 13.5. The lowest BCUT2D eigenvalue weighted by atomic mass is 9.82. The minimum Gasteiger partial charge on any atom is -0.378 e. The second kappa shape index (κ2) is 8.23. The Balaban J connectivity index is 2.85. The molecule has 0 spiro atoms. The van der Waals surface area contributed by atoms with Crippen LogP contribution < -0.4 is 5.73 Å². The van der Waals surface area contributed by atoms with E-state index in [4.69, 9.17) is 10.5 Å². The number of unbranched alkanes of at least 4 members (excludes halogenated alkanes) is 1. The first-order valence-electron chi connectivity index (χ1n) is 8.21. The van der Waals surface area contributed by atoms with E-state index in [1.807, 2.05) is 0 Å². The van der Waals surface area contributed by atoms with Gasteiger partial charge in [-0.1, -0.05) is 27.2 Å². The molecule has 114 valence electrons. The molecule has 0 aromatic carbocycles. The van der Waals surface area contributed by atoms with Crippen LogP contribution in [0.3, 0.4) is 0 Å². The summed E-state index contributed by atoms with van der Waals surface area (Å²) in [6.07, 6.45) is 7.41. The highest BCUT2D eigenvalue weighted by Crippen LogP contribution is 2.33. The van der Waals surface area contributed by atoms with Crippen LogP contribution in [-0.4, -0.2) is 42.3 Å². The first kappa shape index (κ1) is 16.9. The second-order valence-electron chi connectivity index (χ2n) is 6.09. The normalized spacial score (nSPS) is 29.7. The summed E-state index contributed by atoms with van der Waals surface area (Å²) in [5, 5.41) is 0. The van der Waals surface area contributed by atoms with Crippen molar-refractivity contribution in [3.05, 3.63) is 0 Å². The molecule has 3 unspecified atom stereocenters. The zero-order valence-electron chi connectivity index (χ0n) is 13.5. The van der Waals surface area contributed by atoms with E-state index in [1.54, 1.807) is 0 Å². The lowest BCUT2D eigenvalue weighted by Gasteiger charge is -2.50. The number of rotatable bonds is 8. The Bertz CT molecular complexity index is 247. The van der Waals surface area contributed by atoms with E-state index in [0.717, 1.165) is 32.4 Å². The summed E-state index contributed by atoms with van der Waals surface area (Å²) in [6, 6.07) is 0.616. The van der Waals surface area contributed by atoms with Crippen molar-refractivity contribution in [1.82, 2.24) is 4.90 Å². The molecule has 0 saturated carbocycles. The van der Waals surface area contributed by atoms with Gasteiger partial charge in [0.1, 0.15) is 0 Å². The molecule has 2 N–H and O–H groups in total.